The number of benzene rings is 2. The maximum atomic E-state index is 12.8. The van der Waals surface area contributed by atoms with E-state index >= 15 is 0 Å². The fourth-order valence-corrected chi connectivity index (χ4v) is 7.11. The second-order valence-electron chi connectivity index (χ2n) is 13.4. The number of H-pyrrole nitrogens is 1. The van der Waals surface area contributed by atoms with Crippen molar-refractivity contribution in [2.45, 2.75) is 63.3 Å². The first-order valence-electron chi connectivity index (χ1n) is 17.9. The number of imide groups is 1. The molecular formula is C39H41N9O4. The van der Waals surface area contributed by atoms with Crippen molar-refractivity contribution < 1.29 is 19.1 Å². The van der Waals surface area contributed by atoms with Gasteiger partial charge < -0.3 is 25.2 Å². The summed E-state index contributed by atoms with van der Waals surface area (Å²) in [5, 5.41) is 14.2. The van der Waals surface area contributed by atoms with E-state index in [0.29, 0.717) is 61.4 Å². The molecule has 0 bridgehead atoms. The summed E-state index contributed by atoms with van der Waals surface area (Å²) in [5.74, 6) is 0.637. The molecule has 3 aromatic heterocycles. The third-order valence-corrected chi connectivity index (χ3v) is 9.90. The van der Waals surface area contributed by atoms with Crippen molar-refractivity contribution in [1.82, 2.24) is 35.4 Å². The van der Waals surface area contributed by atoms with E-state index in [9.17, 15) is 14.4 Å². The first kappa shape index (κ1) is 34.4. The number of carbonyl (C=O) groups is 3. The van der Waals surface area contributed by atoms with Crippen molar-refractivity contribution in [3.05, 3.63) is 95.7 Å². The average Bonchev–Trinajstić information content (AvgIpc) is 3.96. The maximum absolute atomic E-state index is 12.8. The van der Waals surface area contributed by atoms with Gasteiger partial charge in [-0.3, -0.25) is 24.4 Å². The molecule has 4 heterocycles. The van der Waals surface area contributed by atoms with Gasteiger partial charge in [-0.1, -0.05) is 25.0 Å². The molecule has 3 amide bonds. The van der Waals surface area contributed by atoms with Crippen LogP contribution in [-0.4, -0.2) is 62.2 Å². The molecule has 2 fully saturated rings. The van der Waals surface area contributed by atoms with Gasteiger partial charge in [-0.15, -0.1) is 0 Å². The fraction of sp³-hybridized carbons (Fsp3) is 0.359. The highest BCUT2D eigenvalue weighted by molar-refractivity contribution is 6.01. The molecule has 1 saturated carbocycles. The van der Waals surface area contributed by atoms with E-state index in [-0.39, 0.29) is 29.7 Å². The number of rotatable bonds is 14. The highest BCUT2D eigenvalue weighted by atomic mass is 16.5. The van der Waals surface area contributed by atoms with Gasteiger partial charge in [-0.05, 0) is 86.1 Å². The molecule has 5 aromatic rings. The lowest BCUT2D eigenvalue weighted by Gasteiger charge is -2.21. The molecule has 1 unspecified atom stereocenters. The Labute approximate surface area is 301 Å². The van der Waals surface area contributed by atoms with E-state index < -0.39 is 0 Å². The van der Waals surface area contributed by atoms with E-state index in [1.54, 1.807) is 12.1 Å². The van der Waals surface area contributed by atoms with Crippen molar-refractivity contribution in [3.63, 3.8) is 0 Å². The Hall–Kier alpha value is -6.03. The number of unbranched alkanes of at least 4 members (excludes halogenated alkanes) is 1. The first-order chi connectivity index (χ1) is 25.4. The van der Waals surface area contributed by atoms with Crippen molar-refractivity contribution in [1.29, 1.82) is 0 Å². The Kier molecular flexibility index (Phi) is 10.5. The number of ether oxygens (including phenoxy) is 1. The summed E-state index contributed by atoms with van der Waals surface area (Å²) in [5.41, 5.74) is 4.45. The molecular weight excluding hydrogens is 658 g/mol. The topological polar surface area (TPSA) is 160 Å². The Morgan fingerprint density at radius 3 is 2.60 bits per heavy atom. The van der Waals surface area contributed by atoms with Gasteiger partial charge in [0, 0.05) is 47.6 Å². The lowest BCUT2D eigenvalue weighted by Crippen LogP contribution is -2.39. The Balaban J connectivity index is 0.891. The normalized spacial score (nSPS) is 16.7. The van der Waals surface area contributed by atoms with Gasteiger partial charge >= 0.3 is 0 Å². The molecule has 4 N–H and O–H groups in total. The molecule has 2 atom stereocenters. The molecule has 2 aromatic carbocycles. The minimum absolute atomic E-state index is 0.0598. The van der Waals surface area contributed by atoms with Crippen LogP contribution in [0.2, 0.25) is 0 Å². The number of hydrogen-bond acceptors (Lipinski definition) is 8. The van der Waals surface area contributed by atoms with Gasteiger partial charge in [-0.2, -0.15) is 10.1 Å². The monoisotopic (exact) mass is 699 g/mol. The highest BCUT2D eigenvalue weighted by Gasteiger charge is 2.30. The molecule has 13 nitrogen and oxygen atoms in total. The zero-order chi connectivity index (χ0) is 35.9. The number of aromatic amines is 1. The number of hydrogen-bond donors (Lipinski definition) is 4. The predicted octanol–water partition coefficient (Wildman–Crippen LogP) is 6.32. The molecule has 266 valence electrons. The molecule has 7 rings (SSSR count). The number of amides is 3. The number of aromatic nitrogens is 5. The van der Waals surface area contributed by atoms with Crippen molar-refractivity contribution in [2.24, 2.45) is 5.92 Å². The minimum atomic E-state index is -0.315. The van der Waals surface area contributed by atoms with Crippen LogP contribution in [0.5, 0.6) is 5.75 Å². The van der Waals surface area contributed by atoms with Gasteiger partial charge in [0.05, 0.1) is 24.4 Å². The number of fused-ring (bicyclic) bond motifs is 1. The Morgan fingerprint density at radius 1 is 1.02 bits per heavy atom. The van der Waals surface area contributed by atoms with Crippen LogP contribution in [-0.2, 0) is 9.59 Å². The van der Waals surface area contributed by atoms with E-state index in [2.05, 4.69) is 35.9 Å². The van der Waals surface area contributed by atoms with Crippen LogP contribution < -0.4 is 20.7 Å². The van der Waals surface area contributed by atoms with Crippen LogP contribution in [0.15, 0.2) is 73.2 Å². The summed E-state index contributed by atoms with van der Waals surface area (Å²) in [6, 6.07) is 16.6. The van der Waals surface area contributed by atoms with E-state index in [1.165, 1.54) is 12.8 Å². The smallest absolute Gasteiger partial charge is 0.251 e. The van der Waals surface area contributed by atoms with Crippen molar-refractivity contribution >= 4 is 40.4 Å². The average molecular weight is 700 g/mol. The quantitative estimate of drug-likeness (QED) is 0.0595. The lowest BCUT2D eigenvalue weighted by molar-refractivity contribution is -0.134. The van der Waals surface area contributed by atoms with Crippen LogP contribution in [0.1, 0.15) is 79.2 Å². The van der Waals surface area contributed by atoms with E-state index in [0.717, 1.165) is 53.6 Å². The minimum Gasteiger partial charge on any atom is -0.494 e. The second kappa shape index (κ2) is 15.9. The van der Waals surface area contributed by atoms with Crippen LogP contribution in [0.3, 0.4) is 0 Å². The molecule has 0 spiro atoms. The van der Waals surface area contributed by atoms with Crippen molar-refractivity contribution in [2.75, 3.05) is 25.0 Å². The largest absolute Gasteiger partial charge is 0.494 e. The fourth-order valence-electron chi connectivity index (χ4n) is 7.11. The number of piperidine rings is 1. The predicted molar refractivity (Wildman–Crippen MR) is 196 cm³/mol. The summed E-state index contributed by atoms with van der Waals surface area (Å²) in [7, 11) is 0. The molecule has 2 aliphatic rings. The van der Waals surface area contributed by atoms with Gasteiger partial charge in [0.2, 0.25) is 24.3 Å². The number of anilines is 2. The molecule has 1 aliphatic heterocycles. The SMILES string of the molecule is [C-]#[N+]C[C@@H](C1CCCC1)n1cc(-c2nc(Nc3ccc(C(=O)NCCCCOc4ccc(C5CCC(=O)NC5=O)cc4)cc3)nc3[nH]ccc23)cn1. The van der Waals surface area contributed by atoms with Crippen molar-refractivity contribution in [3.8, 4) is 17.0 Å². The molecule has 0 radical (unpaired) electrons. The Morgan fingerprint density at radius 2 is 1.83 bits per heavy atom. The van der Waals surface area contributed by atoms with Gasteiger partial charge in [0.25, 0.3) is 5.91 Å². The van der Waals surface area contributed by atoms with Crippen LogP contribution in [0.4, 0.5) is 11.6 Å². The van der Waals surface area contributed by atoms with Gasteiger partial charge in [-0.25, -0.2) is 11.6 Å². The highest BCUT2D eigenvalue weighted by Crippen LogP contribution is 2.36. The van der Waals surface area contributed by atoms with Crippen LogP contribution in [0, 0.1) is 12.5 Å². The zero-order valence-corrected chi connectivity index (χ0v) is 28.8. The summed E-state index contributed by atoms with van der Waals surface area (Å²) in [6.07, 6.45) is 12.7. The second-order valence-corrected chi connectivity index (χ2v) is 13.4. The number of carbonyl (C=O) groups excluding carboxylic acids is 3. The van der Waals surface area contributed by atoms with E-state index in [4.69, 9.17) is 16.3 Å². The first-order valence-corrected chi connectivity index (χ1v) is 17.9. The molecule has 52 heavy (non-hydrogen) atoms. The summed E-state index contributed by atoms with van der Waals surface area (Å²) >= 11 is 0. The molecule has 13 heteroatoms. The Bertz CT molecular complexity index is 2080. The summed E-state index contributed by atoms with van der Waals surface area (Å²) < 4.78 is 7.78. The van der Waals surface area contributed by atoms with Gasteiger partial charge in [0.15, 0.2) is 0 Å². The van der Waals surface area contributed by atoms with Crippen LogP contribution >= 0.6 is 0 Å². The lowest BCUT2D eigenvalue weighted by atomic mass is 9.90. The number of nitrogens with zero attached hydrogens (tertiary/aromatic N) is 5. The van der Waals surface area contributed by atoms with Crippen LogP contribution in [0.25, 0.3) is 27.1 Å². The van der Waals surface area contributed by atoms with Gasteiger partial charge in [0.1, 0.15) is 17.4 Å². The third-order valence-electron chi connectivity index (χ3n) is 9.90. The summed E-state index contributed by atoms with van der Waals surface area (Å²) in [4.78, 5) is 52.7. The van der Waals surface area contributed by atoms with E-state index in [1.807, 2.05) is 65.7 Å². The number of nitrogens with one attached hydrogen (secondary N) is 4. The molecule has 1 saturated heterocycles. The summed E-state index contributed by atoms with van der Waals surface area (Å²) in [6.45, 7) is 8.92. The molecule has 1 aliphatic carbocycles. The maximum Gasteiger partial charge on any atom is 0.251 e. The zero-order valence-electron chi connectivity index (χ0n) is 28.8. The third kappa shape index (κ3) is 7.96. The standard InChI is InChI=1S/C39H41N9O4/c1-40-23-33(26-6-2-3-7-26)48-24-28(22-43-48)35-32-18-20-41-36(32)47-39(46-35)44-29-12-8-27(9-13-29)37(50)42-19-4-5-21-52-30-14-10-25(11-15-30)31-16-17-34(49)45-38(31)51/h8-15,18,20,22,24,26,31,33H,2-7,16-17,19,21,23H2,(H,42,50)(H,45,49,51)(H2,41,44,46,47)/t31?,33-/m0/s1.